The van der Waals surface area contributed by atoms with Gasteiger partial charge in [-0.15, -0.1) is 0 Å². The fourth-order valence-corrected chi connectivity index (χ4v) is 2.32. The highest BCUT2D eigenvalue weighted by atomic mass is 16.3. The summed E-state index contributed by atoms with van der Waals surface area (Å²) in [6.07, 6.45) is 5.78. The molecule has 2 nitrogen and oxygen atoms in total. The van der Waals surface area contributed by atoms with Crippen LogP contribution in [0.3, 0.4) is 0 Å². The van der Waals surface area contributed by atoms with Gasteiger partial charge in [0.1, 0.15) is 0 Å². The number of hydrogen-bond acceptors (Lipinski definition) is 2. The molecule has 1 unspecified atom stereocenters. The third-order valence-electron chi connectivity index (χ3n) is 3.40. The van der Waals surface area contributed by atoms with E-state index in [2.05, 4.69) is 31.2 Å². The summed E-state index contributed by atoms with van der Waals surface area (Å²) in [5.41, 5.74) is 7.68. The third-order valence-corrected chi connectivity index (χ3v) is 3.40. The molecule has 0 heterocycles. The molecule has 0 bridgehead atoms. The third kappa shape index (κ3) is 5.65. The van der Waals surface area contributed by atoms with Gasteiger partial charge in [0.15, 0.2) is 0 Å². The van der Waals surface area contributed by atoms with Gasteiger partial charge in [0.05, 0.1) is 5.60 Å². The number of benzene rings is 1. The molecule has 0 radical (unpaired) electrons. The van der Waals surface area contributed by atoms with Crippen LogP contribution in [0.1, 0.15) is 50.7 Å². The summed E-state index contributed by atoms with van der Waals surface area (Å²) in [5.74, 6) is 0. The smallest absolute Gasteiger partial charge is 0.0622 e. The minimum Gasteiger partial charge on any atom is -0.390 e. The van der Waals surface area contributed by atoms with Crippen LogP contribution in [0.25, 0.3) is 0 Å². The van der Waals surface area contributed by atoms with Crippen molar-refractivity contribution in [3.63, 3.8) is 0 Å². The summed E-state index contributed by atoms with van der Waals surface area (Å²) in [4.78, 5) is 0. The van der Waals surface area contributed by atoms with Crippen LogP contribution in [-0.4, -0.2) is 17.3 Å². The Balaban J connectivity index is 2.51. The molecule has 0 aliphatic heterocycles. The van der Waals surface area contributed by atoms with E-state index >= 15 is 0 Å². The van der Waals surface area contributed by atoms with Gasteiger partial charge in [0.2, 0.25) is 0 Å². The minimum absolute atomic E-state index is 0.526. The van der Waals surface area contributed by atoms with Crippen LogP contribution in [0.2, 0.25) is 0 Å². The second-order valence-electron chi connectivity index (χ2n) is 5.46. The van der Waals surface area contributed by atoms with E-state index in [-0.39, 0.29) is 0 Å². The number of rotatable bonds is 8. The molecule has 0 aromatic heterocycles. The maximum atomic E-state index is 10.2. The summed E-state index contributed by atoms with van der Waals surface area (Å²) in [7, 11) is 0. The van der Waals surface area contributed by atoms with Gasteiger partial charge in [0, 0.05) is 0 Å². The molecule has 0 aliphatic carbocycles. The van der Waals surface area contributed by atoms with Crippen LogP contribution in [0, 0.1) is 0 Å². The molecular formula is C16H27NO. The average Bonchev–Trinajstić information content (AvgIpc) is 2.35. The number of aryl methyl sites for hydroxylation is 2. The Morgan fingerprint density at radius 1 is 1.17 bits per heavy atom. The van der Waals surface area contributed by atoms with Gasteiger partial charge in [-0.1, -0.05) is 37.6 Å². The Kier molecular flexibility index (Phi) is 6.37. The Morgan fingerprint density at radius 3 is 2.44 bits per heavy atom. The van der Waals surface area contributed by atoms with Gasteiger partial charge in [-0.25, -0.2) is 0 Å². The number of hydrogen-bond donors (Lipinski definition) is 2. The van der Waals surface area contributed by atoms with E-state index < -0.39 is 5.60 Å². The maximum absolute atomic E-state index is 10.2. The van der Waals surface area contributed by atoms with Crippen molar-refractivity contribution in [1.29, 1.82) is 0 Å². The van der Waals surface area contributed by atoms with Gasteiger partial charge >= 0.3 is 0 Å². The molecule has 102 valence electrons. The molecule has 1 aromatic carbocycles. The second kappa shape index (κ2) is 7.55. The molecule has 2 heteroatoms. The first kappa shape index (κ1) is 15.2. The molecule has 1 rings (SSSR count). The molecule has 0 spiro atoms. The van der Waals surface area contributed by atoms with E-state index in [1.54, 1.807) is 0 Å². The standard InChI is InChI=1S/C16H27NO/c1-3-10-16(2,18)11-9-15-7-4-6-14(13-15)8-5-12-17/h4,6-7,13,18H,3,5,8-12,17H2,1-2H3. The van der Waals surface area contributed by atoms with Crippen LogP contribution in [0.4, 0.5) is 0 Å². The minimum atomic E-state index is -0.526. The average molecular weight is 249 g/mol. The van der Waals surface area contributed by atoms with Crippen molar-refractivity contribution in [3.05, 3.63) is 35.4 Å². The Hall–Kier alpha value is -0.860. The van der Waals surface area contributed by atoms with Crippen molar-refractivity contribution in [1.82, 2.24) is 0 Å². The summed E-state index contributed by atoms with van der Waals surface area (Å²) < 4.78 is 0. The Bertz CT molecular complexity index is 347. The molecule has 0 amide bonds. The normalized spacial score (nSPS) is 14.4. The maximum Gasteiger partial charge on any atom is 0.0622 e. The number of nitrogens with two attached hydrogens (primary N) is 1. The molecule has 0 saturated heterocycles. The first-order valence-corrected chi connectivity index (χ1v) is 7.07. The van der Waals surface area contributed by atoms with Crippen molar-refractivity contribution >= 4 is 0 Å². The monoisotopic (exact) mass is 249 g/mol. The van der Waals surface area contributed by atoms with Gasteiger partial charge in [-0.2, -0.15) is 0 Å². The molecule has 1 aromatic rings. The van der Waals surface area contributed by atoms with Gasteiger partial charge in [-0.3, -0.25) is 0 Å². The lowest BCUT2D eigenvalue weighted by Gasteiger charge is -2.22. The Morgan fingerprint density at radius 2 is 1.83 bits per heavy atom. The molecule has 1 atom stereocenters. The quantitative estimate of drug-likeness (QED) is 0.744. The van der Waals surface area contributed by atoms with Gasteiger partial charge in [-0.05, 0) is 56.7 Å². The predicted octanol–water partition coefficient (Wildman–Crippen LogP) is 3.06. The topological polar surface area (TPSA) is 46.2 Å². The van der Waals surface area contributed by atoms with Crippen molar-refractivity contribution in [3.8, 4) is 0 Å². The lowest BCUT2D eigenvalue weighted by molar-refractivity contribution is 0.0416. The second-order valence-corrected chi connectivity index (χ2v) is 5.46. The van der Waals surface area contributed by atoms with E-state index in [0.717, 1.165) is 45.1 Å². The summed E-state index contributed by atoms with van der Waals surface area (Å²) >= 11 is 0. The van der Waals surface area contributed by atoms with Crippen molar-refractivity contribution in [2.75, 3.05) is 6.54 Å². The molecule has 3 N–H and O–H groups in total. The van der Waals surface area contributed by atoms with E-state index in [1.807, 2.05) is 6.92 Å². The zero-order valence-electron chi connectivity index (χ0n) is 11.8. The highest BCUT2D eigenvalue weighted by Crippen LogP contribution is 2.20. The molecule has 18 heavy (non-hydrogen) atoms. The van der Waals surface area contributed by atoms with Crippen molar-refractivity contribution in [2.24, 2.45) is 5.73 Å². The summed E-state index contributed by atoms with van der Waals surface area (Å²) in [6, 6.07) is 8.66. The van der Waals surface area contributed by atoms with Gasteiger partial charge < -0.3 is 10.8 Å². The van der Waals surface area contributed by atoms with Crippen LogP contribution < -0.4 is 5.73 Å². The van der Waals surface area contributed by atoms with Crippen LogP contribution in [-0.2, 0) is 12.8 Å². The largest absolute Gasteiger partial charge is 0.390 e. The Labute approximate surface area is 111 Å². The lowest BCUT2D eigenvalue weighted by Crippen LogP contribution is -2.24. The zero-order chi connectivity index (χ0) is 13.4. The van der Waals surface area contributed by atoms with Crippen LogP contribution in [0.5, 0.6) is 0 Å². The van der Waals surface area contributed by atoms with Gasteiger partial charge in [0.25, 0.3) is 0 Å². The number of aliphatic hydroxyl groups is 1. The molecule has 0 fully saturated rings. The summed E-state index contributed by atoms with van der Waals surface area (Å²) in [5, 5.41) is 10.2. The fraction of sp³-hybridized carbons (Fsp3) is 0.625. The van der Waals surface area contributed by atoms with Crippen molar-refractivity contribution in [2.45, 2.75) is 58.0 Å². The summed E-state index contributed by atoms with van der Waals surface area (Å²) in [6.45, 7) is 4.80. The van der Waals surface area contributed by atoms with E-state index in [0.29, 0.717) is 0 Å². The molecule has 0 aliphatic rings. The zero-order valence-corrected chi connectivity index (χ0v) is 11.8. The van der Waals surface area contributed by atoms with Crippen LogP contribution >= 0.6 is 0 Å². The highest BCUT2D eigenvalue weighted by Gasteiger charge is 2.18. The fourth-order valence-electron chi connectivity index (χ4n) is 2.32. The van der Waals surface area contributed by atoms with Crippen molar-refractivity contribution < 1.29 is 5.11 Å². The highest BCUT2D eigenvalue weighted by molar-refractivity contribution is 5.24. The van der Waals surface area contributed by atoms with Crippen LogP contribution in [0.15, 0.2) is 24.3 Å². The first-order valence-electron chi connectivity index (χ1n) is 7.07. The lowest BCUT2D eigenvalue weighted by atomic mass is 9.92. The molecule has 0 saturated carbocycles. The molecular weight excluding hydrogens is 222 g/mol. The van der Waals surface area contributed by atoms with E-state index in [4.69, 9.17) is 5.73 Å². The predicted molar refractivity (Wildman–Crippen MR) is 77.7 cm³/mol. The van der Waals surface area contributed by atoms with E-state index in [9.17, 15) is 5.11 Å². The van der Waals surface area contributed by atoms with E-state index in [1.165, 1.54) is 11.1 Å². The SMILES string of the molecule is CCCC(C)(O)CCc1cccc(CCCN)c1. The first-order chi connectivity index (χ1) is 8.57.